The fourth-order valence-electron chi connectivity index (χ4n) is 2.62. The Morgan fingerprint density at radius 1 is 1.25 bits per heavy atom. The number of nitrogens with two attached hydrogens (primary N) is 1. The van der Waals surface area contributed by atoms with E-state index in [0.717, 1.165) is 11.0 Å². The Kier molecular flexibility index (Phi) is 3.71. The van der Waals surface area contributed by atoms with Crippen LogP contribution in [0.15, 0.2) is 34.1 Å². The number of hydrogen-bond donors (Lipinski definition) is 1. The first-order chi connectivity index (χ1) is 9.60. The van der Waals surface area contributed by atoms with Crippen molar-refractivity contribution in [3.05, 3.63) is 55.8 Å². The molecule has 2 N–H and O–H groups in total. The molecule has 0 atom stereocenters. The van der Waals surface area contributed by atoms with Gasteiger partial charge in [-0.1, -0.05) is 6.07 Å². The number of nitrogens with zero attached hydrogens (tertiary/aromatic N) is 1. The van der Waals surface area contributed by atoms with E-state index in [1.54, 1.807) is 11.3 Å². The molecule has 3 aromatic rings. The lowest BCUT2D eigenvalue weighted by molar-refractivity contribution is 0.812. The maximum Gasteiger partial charge on any atom is 0.0572 e. The number of rotatable bonds is 3. The topological polar surface area (TPSA) is 30.9 Å². The number of hydrogen-bond acceptors (Lipinski definition) is 2. The van der Waals surface area contributed by atoms with E-state index in [4.69, 9.17) is 5.73 Å². The van der Waals surface area contributed by atoms with Crippen molar-refractivity contribution in [1.29, 1.82) is 0 Å². The number of aryl methyl sites for hydroxylation is 1. The molecule has 1 aromatic carbocycles. The zero-order valence-electron chi connectivity index (χ0n) is 11.6. The Balaban J connectivity index is 2.12. The fraction of sp³-hybridized carbons (Fsp3) is 0.250. The summed E-state index contributed by atoms with van der Waals surface area (Å²) >= 11 is 5.32. The highest BCUT2D eigenvalue weighted by Gasteiger charge is 2.12. The van der Waals surface area contributed by atoms with Gasteiger partial charge in [-0.3, -0.25) is 0 Å². The molecular weight excluding hydrogens is 332 g/mol. The van der Waals surface area contributed by atoms with Crippen LogP contribution in [0.25, 0.3) is 10.9 Å². The van der Waals surface area contributed by atoms with Gasteiger partial charge in [0.25, 0.3) is 0 Å². The zero-order valence-corrected chi connectivity index (χ0v) is 14.0. The average molecular weight is 349 g/mol. The van der Waals surface area contributed by atoms with Gasteiger partial charge >= 0.3 is 0 Å². The molecule has 0 saturated carbocycles. The Morgan fingerprint density at radius 2 is 2.05 bits per heavy atom. The van der Waals surface area contributed by atoms with E-state index >= 15 is 0 Å². The first-order valence-electron chi connectivity index (χ1n) is 6.61. The van der Waals surface area contributed by atoms with Crippen LogP contribution in [0, 0.1) is 13.8 Å². The largest absolute Gasteiger partial charge is 0.339 e. The van der Waals surface area contributed by atoms with Gasteiger partial charge in [0, 0.05) is 37.9 Å². The van der Waals surface area contributed by atoms with Gasteiger partial charge in [0.1, 0.15) is 0 Å². The molecule has 2 nitrogen and oxygen atoms in total. The van der Waals surface area contributed by atoms with Gasteiger partial charge in [-0.05, 0) is 59.1 Å². The van der Waals surface area contributed by atoms with Crippen LogP contribution >= 0.6 is 27.3 Å². The van der Waals surface area contributed by atoms with Crippen molar-refractivity contribution in [1.82, 2.24) is 4.57 Å². The highest BCUT2D eigenvalue weighted by molar-refractivity contribution is 9.10. The third kappa shape index (κ3) is 2.32. The zero-order chi connectivity index (χ0) is 14.3. The number of aromatic nitrogens is 1. The van der Waals surface area contributed by atoms with Crippen LogP contribution in [-0.4, -0.2) is 4.57 Å². The molecule has 0 bridgehead atoms. The molecule has 20 heavy (non-hydrogen) atoms. The molecule has 3 rings (SSSR count). The highest BCUT2D eigenvalue weighted by atomic mass is 79.9. The third-order valence-corrected chi connectivity index (χ3v) is 5.56. The molecule has 0 unspecified atom stereocenters. The quantitative estimate of drug-likeness (QED) is 0.737. The van der Waals surface area contributed by atoms with E-state index in [9.17, 15) is 0 Å². The van der Waals surface area contributed by atoms with Gasteiger partial charge in [-0.15, -0.1) is 11.3 Å². The second-order valence-electron chi connectivity index (χ2n) is 5.08. The second-order valence-corrected chi connectivity index (χ2v) is 6.99. The molecule has 0 aliphatic heterocycles. The van der Waals surface area contributed by atoms with Crippen molar-refractivity contribution >= 4 is 38.2 Å². The van der Waals surface area contributed by atoms with Crippen molar-refractivity contribution < 1.29 is 0 Å². The van der Waals surface area contributed by atoms with E-state index in [-0.39, 0.29) is 0 Å². The Bertz CT molecular complexity index is 770. The number of fused-ring (bicyclic) bond motifs is 1. The van der Waals surface area contributed by atoms with E-state index in [0.29, 0.717) is 6.54 Å². The summed E-state index contributed by atoms with van der Waals surface area (Å²) in [5.74, 6) is 0. The average Bonchev–Trinajstić information content (AvgIpc) is 2.96. The summed E-state index contributed by atoms with van der Waals surface area (Å²) in [6.45, 7) is 5.91. The Morgan fingerprint density at radius 3 is 2.70 bits per heavy atom. The number of thiophene rings is 1. The van der Waals surface area contributed by atoms with Gasteiger partial charge in [0.05, 0.1) is 6.54 Å². The van der Waals surface area contributed by atoms with Crippen molar-refractivity contribution in [3.63, 3.8) is 0 Å². The van der Waals surface area contributed by atoms with E-state index < -0.39 is 0 Å². The van der Waals surface area contributed by atoms with E-state index in [1.165, 1.54) is 32.6 Å². The van der Waals surface area contributed by atoms with Crippen LogP contribution in [-0.2, 0) is 13.1 Å². The standard InChI is InChI=1S/C16H17BrN2S/c1-10-11(2)19(8-14-6-13(17)9-20-14)16-4-3-12(7-18)5-15(10)16/h3-6,9H,7-8,18H2,1-2H3. The normalized spacial score (nSPS) is 11.4. The first-order valence-corrected chi connectivity index (χ1v) is 8.28. The van der Waals surface area contributed by atoms with Crippen molar-refractivity contribution in [2.45, 2.75) is 26.9 Å². The monoisotopic (exact) mass is 348 g/mol. The molecule has 0 saturated heterocycles. The van der Waals surface area contributed by atoms with Crippen LogP contribution in [0.1, 0.15) is 21.7 Å². The van der Waals surface area contributed by atoms with Crippen LogP contribution < -0.4 is 5.73 Å². The minimum absolute atomic E-state index is 0.595. The van der Waals surface area contributed by atoms with E-state index in [2.05, 4.69) is 64.0 Å². The first kappa shape index (κ1) is 13.9. The van der Waals surface area contributed by atoms with Crippen molar-refractivity contribution in [2.75, 3.05) is 0 Å². The second kappa shape index (κ2) is 5.35. The van der Waals surface area contributed by atoms with Gasteiger partial charge in [0.2, 0.25) is 0 Å². The molecule has 0 fully saturated rings. The molecule has 104 valence electrons. The summed E-state index contributed by atoms with van der Waals surface area (Å²) in [7, 11) is 0. The Hall–Kier alpha value is -1.10. The summed E-state index contributed by atoms with van der Waals surface area (Å²) in [6.07, 6.45) is 0. The molecule has 0 amide bonds. The van der Waals surface area contributed by atoms with Gasteiger partial charge in [-0.2, -0.15) is 0 Å². The minimum Gasteiger partial charge on any atom is -0.339 e. The van der Waals surface area contributed by atoms with Gasteiger partial charge in [-0.25, -0.2) is 0 Å². The summed E-state index contributed by atoms with van der Waals surface area (Å²) in [5, 5.41) is 3.46. The molecule has 2 aromatic heterocycles. The molecule has 2 heterocycles. The van der Waals surface area contributed by atoms with Crippen molar-refractivity contribution in [2.24, 2.45) is 5.73 Å². The van der Waals surface area contributed by atoms with Crippen LogP contribution in [0.2, 0.25) is 0 Å². The highest BCUT2D eigenvalue weighted by Crippen LogP contribution is 2.29. The number of benzene rings is 1. The molecular formula is C16H17BrN2S. The lowest BCUT2D eigenvalue weighted by Crippen LogP contribution is -2.00. The van der Waals surface area contributed by atoms with Crippen LogP contribution in [0.4, 0.5) is 0 Å². The minimum atomic E-state index is 0.595. The summed E-state index contributed by atoms with van der Waals surface area (Å²) in [4.78, 5) is 1.36. The molecule has 0 aliphatic rings. The molecule has 0 aliphatic carbocycles. The third-order valence-electron chi connectivity index (χ3n) is 3.87. The maximum atomic E-state index is 5.75. The summed E-state index contributed by atoms with van der Waals surface area (Å²) in [5.41, 5.74) is 10.9. The lowest BCUT2D eigenvalue weighted by Gasteiger charge is -2.07. The smallest absolute Gasteiger partial charge is 0.0572 e. The predicted molar refractivity (Wildman–Crippen MR) is 90.4 cm³/mol. The van der Waals surface area contributed by atoms with Gasteiger partial charge < -0.3 is 10.3 Å². The Labute approximate surface area is 131 Å². The number of halogens is 1. The molecule has 4 heteroatoms. The van der Waals surface area contributed by atoms with E-state index in [1.807, 2.05) is 0 Å². The van der Waals surface area contributed by atoms with Crippen LogP contribution in [0.3, 0.4) is 0 Å². The lowest BCUT2D eigenvalue weighted by atomic mass is 10.1. The SMILES string of the molecule is Cc1c(C)n(Cc2cc(Br)cs2)c2ccc(CN)cc12. The van der Waals surface area contributed by atoms with Crippen molar-refractivity contribution in [3.8, 4) is 0 Å². The van der Waals surface area contributed by atoms with Gasteiger partial charge in [0.15, 0.2) is 0 Å². The summed E-state index contributed by atoms with van der Waals surface area (Å²) in [6, 6.07) is 8.74. The molecule has 0 spiro atoms. The predicted octanol–water partition coefficient (Wildman–Crippen LogP) is 4.59. The fourth-order valence-corrected chi connectivity index (χ4v) is 4.06. The maximum absolute atomic E-state index is 5.75. The van der Waals surface area contributed by atoms with Crippen LogP contribution in [0.5, 0.6) is 0 Å². The summed E-state index contributed by atoms with van der Waals surface area (Å²) < 4.78 is 3.55. The molecule has 0 radical (unpaired) electrons.